The third-order valence-corrected chi connectivity index (χ3v) is 5.94. The fourth-order valence-corrected chi connectivity index (χ4v) is 4.18. The lowest BCUT2D eigenvalue weighted by atomic mass is 10.2. The maximum Gasteiger partial charge on any atom is 0.289 e. The van der Waals surface area contributed by atoms with E-state index in [0.29, 0.717) is 50.5 Å². The Balaban J connectivity index is 1.23. The minimum Gasteiger partial charge on any atom is -0.459 e. The van der Waals surface area contributed by atoms with Crippen molar-refractivity contribution < 1.29 is 23.2 Å². The van der Waals surface area contributed by atoms with E-state index in [0.717, 1.165) is 0 Å². The highest BCUT2D eigenvalue weighted by molar-refractivity contribution is 5.98. The van der Waals surface area contributed by atoms with Crippen LogP contribution in [0.5, 0.6) is 0 Å². The molecule has 9 nitrogen and oxygen atoms in total. The average molecular weight is 451 g/mol. The molecule has 10 heteroatoms. The summed E-state index contributed by atoms with van der Waals surface area (Å²) in [4.78, 5) is 43.3. The van der Waals surface area contributed by atoms with Crippen LogP contribution in [0.25, 0.3) is 0 Å². The Morgan fingerprint density at radius 1 is 0.939 bits per heavy atom. The summed E-state index contributed by atoms with van der Waals surface area (Å²) in [5.41, 5.74) is 1.25. The molecule has 3 amide bonds. The number of rotatable bonds is 4. The lowest BCUT2D eigenvalue weighted by Crippen LogP contribution is -2.50. The van der Waals surface area contributed by atoms with Gasteiger partial charge in [-0.1, -0.05) is 12.1 Å². The van der Waals surface area contributed by atoms with E-state index in [1.807, 2.05) is 0 Å². The summed E-state index contributed by atoms with van der Waals surface area (Å²) in [5.74, 6) is -0.787. The minimum atomic E-state index is -0.346. The van der Waals surface area contributed by atoms with Gasteiger partial charge in [0.05, 0.1) is 12.8 Å². The number of piperazine rings is 1. The van der Waals surface area contributed by atoms with Crippen molar-refractivity contribution >= 4 is 17.7 Å². The molecule has 0 atom stereocenters. The van der Waals surface area contributed by atoms with E-state index in [-0.39, 0.29) is 41.5 Å². The van der Waals surface area contributed by atoms with E-state index < -0.39 is 0 Å². The van der Waals surface area contributed by atoms with Gasteiger partial charge < -0.3 is 19.1 Å². The molecule has 0 N–H and O–H groups in total. The fourth-order valence-electron chi connectivity index (χ4n) is 4.18. The van der Waals surface area contributed by atoms with E-state index >= 15 is 0 Å². The number of amides is 3. The molecule has 4 heterocycles. The number of fused-ring (bicyclic) bond motifs is 1. The number of carbonyl (C=O) groups excluding carboxylic acids is 3. The first-order valence-electron chi connectivity index (χ1n) is 10.7. The highest BCUT2D eigenvalue weighted by Gasteiger charge is 2.31. The van der Waals surface area contributed by atoms with E-state index in [4.69, 9.17) is 4.42 Å². The minimum absolute atomic E-state index is 0.200. The van der Waals surface area contributed by atoms with Crippen LogP contribution in [0, 0.1) is 5.82 Å². The Labute approximate surface area is 189 Å². The van der Waals surface area contributed by atoms with Crippen LogP contribution in [0.3, 0.4) is 0 Å². The number of aromatic nitrogens is 2. The van der Waals surface area contributed by atoms with Crippen molar-refractivity contribution in [1.82, 2.24) is 24.5 Å². The van der Waals surface area contributed by atoms with Gasteiger partial charge in [0.2, 0.25) is 0 Å². The van der Waals surface area contributed by atoms with Crippen molar-refractivity contribution in [2.24, 2.45) is 0 Å². The van der Waals surface area contributed by atoms with Crippen LogP contribution < -0.4 is 0 Å². The second-order valence-electron chi connectivity index (χ2n) is 8.06. The van der Waals surface area contributed by atoms with Crippen molar-refractivity contribution in [3.63, 3.8) is 0 Å². The average Bonchev–Trinajstić information content (AvgIpc) is 3.51. The molecular weight excluding hydrogens is 429 g/mol. The molecule has 1 aromatic carbocycles. The van der Waals surface area contributed by atoms with Crippen LogP contribution >= 0.6 is 0 Å². The Kier molecular flexibility index (Phi) is 5.41. The van der Waals surface area contributed by atoms with Crippen molar-refractivity contribution in [3.8, 4) is 0 Å². The molecule has 2 aliphatic heterocycles. The third-order valence-electron chi connectivity index (χ3n) is 5.94. The predicted molar refractivity (Wildman–Crippen MR) is 114 cm³/mol. The lowest BCUT2D eigenvalue weighted by Gasteiger charge is -2.33. The molecule has 1 saturated heterocycles. The summed E-state index contributed by atoms with van der Waals surface area (Å²) < 4.78 is 20.2. The van der Waals surface area contributed by atoms with Gasteiger partial charge in [-0.15, -0.1) is 0 Å². The van der Waals surface area contributed by atoms with Gasteiger partial charge in [0.15, 0.2) is 11.5 Å². The monoisotopic (exact) mass is 451 g/mol. The summed E-state index contributed by atoms with van der Waals surface area (Å²) in [6.07, 6.45) is 1.45. The smallest absolute Gasteiger partial charge is 0.289 e. The highest BCUT2D eigenvalue weighted by atomic mass is 19.1. The van der Waals surface area contributed by atoms with Gasteiger partial charge in [0.25, 0.3) is 17.7 Å². The summed E-state index contributed by atoms with van der Waals surface area (Å²) >= 11 is 0. The van der Waals surface area contributed by atoms with Crippen LogP contribution in [-0.4, -0.2) is 74.9 Å². The molecule has 0 radical (unpaired) electrons. The number of hydrogen-bond donors (Lipinski definition) is 0. The summed E-state index contributed by atoms with van der Waals surface area (Å²) in [6.45, 7) is 2.68. The third kappa shape index (κ3) is 4.11. The molecule has 2 aromatic heterocycles. The maximum atomic E-state index is 13.5. The standard InChI is InChI=1S/C23H22FN5O4/c24-17-4-1-3-16(13-17)15-28-10-11-29-19(22(28)31)14-18(25-29)21(30)26-6-8-27(9-7-26)23(32)20-5-2-12-33-20/h1-5,12-14H,6-11,15H2. The van der Waals surface area contributed by atoms with Gasteiger partial charge in [-0.25, -0.2) is 4.39 Å². The number of hydrogen-bond acceptors (Lipinski definition) is 5. The Bertz CT molecular complexity index is 1200. The van der Waals surface area contributed by atoms with Gasteiger partial charge in [-0.2, -0.15) is 5.10 Å². The topological polar surface area (TPSA) is 91.9 Å². The molecule has 2 aliphatic rings. The molecule has 0 saturated carbocycles. The Morgan fingerprint density at radius 2 is 1.70 bits per heavy atom. The molecule has 0 bridgehead atoms. The van der Waals surface area contributed by atoms with Gasteiger partial charge >= 0.3 is 0 Å². The van der Waals surface area contributed by atoms with Crippen molar-refractivity contribution in [3.05, 3.63) is 77.3 Å². The van der Waals surface area contributed by atoms with Gasteiger partial charge in [0.1, 0.15) is 11.5 Å². The van der Waals surface area contributed by atoms with Crippen LogP contribution in [0.4, 0.5) is 4.39 Å². The predicted octanol–water partition coefficient (Wildman–Crippen LogP) is 1.87. The van der Waals surface area contributed by atoms with Crippen LogP contribution in [-0.2, 0) is 13.1 Å². The summed E-state index contributed by atoms with van der Waals surface area (Å²) in [7, 11) is 0. The lowest BCUT2D eigenvalue weighted by molar-refractivity contribution is 0.0514. The van der Waals surface area contributed by atoms with E-state index in [2.05, 4.69) is 5.10 Å². The SMILES string of the molecule is O=C(c1cc2n(n1)CCN(Cc1cccc(F)c1)C2=O)N1CCN(C(=O)c2ccco2)CC1. The van der Waals surface area contributed by atoms with E-state index in [1.54, 1.807) is 43.6 Å². The zero-order chi connectivity index (χ0) is 22.9. The molecule has 0 aliphatic carbocycles. The number of nitrogens with zero attached hydrogens (tertiary/aromatic N) is 5. The number of benzene rings is 1. The van der Waals surface area contributed by atoms with Gasteiger partial charge in [-0.05, 0) is 29.8 Å². The second-order valence-corrected chi connectivity index (χ2v) is 8.06. The quantitative estimate of drug-likeness (QED) is 0.604. The summed E-state index contributed by atoms with van der Waals surface area (Å²) in [6, 6.07) is 10.9. The molecule has 0 spiro atoms. The number of halogens is 1. The van der Waals surface area contributed by atoms with Crippen LogP contribution in [0.1, 0.15) is 37.1 Å². The molecule has 1 fully saturated rings. The van der Waals surface area contributed by atoms with E-state index in [1.165, 1.54) is 24.5 Å². The molecule has 3 aromatic rings. The summed E-state index contributed by atoms with van der Waals surface area (Å²) in [5, 5.41) is 4.35. The largest absolute Gasteiger partial charge is 0.459 e. The zero-order valence-corrected chi connectivity index (χ0v) is 17.8. The fraction of sp³-hybridized carbons (Fsp3) is 0.304. The van der Waals surface area contributed by atoms with Gasteiger partial charge in [0, 0.05) is 45.3 Å². The Morgan fingerprint density at radius 3 is 2.39 bits per heavy atom. The van der Waals surface area contributed by atoms with Crippen molar-refractivity contribution in [2.45, 2.75) is 13.1 Å². The van der Waals surface area contributed by atoms with E-state index in [9.17, 15) is 18.8 Å². The highest BCUT2D eigenvalue weighted by Crippen LogP contribution is 2.19. The first kappa shape index (κ1) is 20.9. The molecular formula is C23H22FN5O4. The first-order valence-corrected chi connectivity index (χ1v) is 10.7. The second kappa shape index (κ2) is 8.53. The first-order chi connectivity index (χ1) is 16.0. The van der Waals surface area contributed by atoms with Crippen molar-refractivity contribution in [1.29, 1.82) is 0 Å². The molecule has 33 heavy (non-hydrogen) atoms. The Hall–Kier alpha value is -3.95. The van der Waals surface area contributed by atoms with Crippen LogP contribution in [0.15, 0.2) is 53.1 Å². The van der Waals surface area contributed by atoms with Crippen molar-refractivity contribution in [2.75, 3.05) is 32.7 Å². The maximum absolute atomic E-state index is 13.5. The van der Waals surface area contributed by atoms with Crippen LogP contribution in [0.2, 0.25) is 0 Å². The zero-order valence-electron chi connectivity index (χ0n) is 17.8. The molecule has 0 unspecified atom stereocenters. The molecule has 5 rings (SSSR count). The number of furan rings is 1. The normalized spacial score (nSPS) is 16.2. The molecule has 170 valence electrons. The van der Waals surface area contributed by atoms with Gasteiger partial charge in [-0.3, -0.25) is 19.1 Å². The number of carbonyl (C=O) groups is 3.